The lowest BCUT2D eigenvalue weighted by Crippen LogP contribution is -2.19. The van der Waals surface area contributed by atoms with E-state index in [-0.39, 0.29) is 17.7 Å². The van der Waals surface area contributed by atoms with Crippen LogP contribution in [0.4, 0.5) is 5.69 Å². The summed E-state index contributed by atoms with van der Waals surface area (Å²) in [6, 6.07) is 12.0. The summed E-state index contributed by atoms with van der Waals surface area (Å²) in [5.41, 5.74) is 4.96. The average molecular weight is 397 g/mol. The van der Waals surface area contributed by atoms with Gasteiger partial charge >= 0.3 is 0 Å². The van der Waals surface area contributed by atoms with Crippen LogP contribution in [0.2, 0.25) is 0 Å². The molecule has 0 atom stereocenters. The fourth-order valence-corrected chi connectivity index (χ4v) is 2.64. The molecule has 2 aromatic rings. The van der Waals surface area contributed by atoms with Crippen molar-refractivity contribution in [2.45, 2.75) is 27.2 Å². The molecule has 0 saturated heterocycles. The summed E-state index contributed by atoms with van der Waals surface area (Å²) in [5, 5.41) is 6.98. The third kappa shape index (κ3) is 6.34. The molecule has 2 amide bonds. The zero-order chi connectivity index (χ0) is 21.4. The van der Waals surface area contributed by atoms with Crippen molar-refractivity contribution in [1.29, 1.82) is 0 Å². The number of nitrogens with zero attached hydrogens (tertiary/aromatic N) is 1. The predicted octanol–water partition coefficient (Wildman–Crippen LogP) is 3.84. The quantitative estimate of drug-likeness (QED) is 0.523. The number of hydrazone groups is 1. The molecule has 2 N–H and O–H groups in total. The molecule has 0 heterocycles. The molecule has 0 bridgehead atoms. The first kappa shape index (κ1) is 21.9. The van der Waals surface area contributed by atoms with E-state index in [0.29, 0.717) is 34.9 Å². The number of rotatable bonds is 8. The van der Waals surface area contributed by atoms with Crippen molar-refractivity contribution >= 4 is 23.2 Å². The number of hydrogen-bond acceptors (Lipinski definition) is 5. The zero-order valence-electron chi connectivity index (χ0n) is 17.4. The number of amides is 2. The average Bonchev–Trinajstić information content (AvgIpc) is 2.71. The van der Waals surface area contributed by atoms with Crippen LogP contribution < -0.4 is 20.2 Å². The lowest BCUT2D eigenvalue weighted by atomic mass is 10.1. The molecule has 7 heteroatoms. The maximum atomic E-state index is 12.4. The highest BCUT2D eigenvalue weighted by Crippen LogP contribution is 2.25. The van der Waals surface area contributed by atoms with Gasteiger partial charge in [-0.15, -0.1) is 0 Å². The second-order valence-corrected chi connectivity index (χ2v) is 6.93. The van der Waals surface area contributed by atoms with Gasteiger partial charge in [-0.25, -0.2) is 5.43 Å². The van der Waals surface area contributed by atoms with Crippen LogP contribution in [-0.2, 0) is 4.79 Å². The minimum absolute atomic E-state index is 0.0501. The Bertz CT molecular complexity index is 889. The smallest absolute Gasteiger partial charge is 0.271 e. The van der Waals surface area contributed by atoms with Crippen LogP contribution in [0.1, 0.15) is 43.1 Å². The standard InChI is InChI=1S/C22H27N3O4/c1-14(2)12-21(26)23-17-8-6-16(7-9-17)22(27)25-24-15(3)19-11-10-18(28-4)13-20(19)29-5/h6-11,13-14H,12H2,1-5H3,(H,23,26)(H,25,27)/b24-15+. The second-order valence-electron chi connectivity index (χ2n) is 6.93. The van der Waals surface area contributed by atoms with Crippen molar-refractivity contribution in [3.05, 3.63) is 53.6 Å². The molecule has 0 aliphatic carbocycles. The van der Waals surface area contributed by atoms with Gasteiger partial charge in [0.25, 0.3) is 5.91 Å². The zero-order valence-corrected chi connectivity index (χ0v) is 17.4. The minimum atomic E-state index is -0.350. The molecule has 29 heavy (non-hydrogen) atoms. The summed E-state index contributed by atoms with van der Waals surface area (Å²) in [6.45, 7) is 5.74. The van der Waals surface area contributed by atoms with Gasteiger partial charge in [-0.2, -0.15) is 5.10 Å². The molecular weight excluding hydrogens is 370 g/mol. The van der Waals surface area contributed by atoms with Gasteiger partial charge in [-0.3, -0.25) is 9.59 Å². The van der Waals surface area contributed by atoms with Crippen LogP contribution in [0.15, 0.2) is 47.6 Å². The number of carbonyl (C=O) groups is 2. The van der Waals surface area contributed by atoms with E-state index in [9.17, 15) is 9.59 Å². The molecule has 0 saturated carbocycles. The number of methoxy groups -OCH3 is 2. The monoisotopic (exact) mass is 397 g/mol. The fourth-order valence-electron chi connectivity index (χ4n) is 2.64. The third-order valence-electron chi connectivity index (χ3n) is 4.15. The van der Waals surface area contributed by atoms with Crippen LogP contribution in [0, 0.1) is 5.92 Å². The van der Waals surface area contributed by atoms with E-state index in [2.05, 4.69) is 15.8 Å². The molecule has 2 aromatic carbocycles. The number of ether oxygens (including phenoxy) is 2. The molecule has 0 aromatic heterocycles. The van der Waals surface area contributed by atoms with Gasteiger partial charge in [-0.1, -0.05) is 13.8 Å². The molecule has 154 valence electrons. The molecule has 0 aliphatic rings. The first-order valence-corrected chi connectivity index (χ1v) is 9.31. The van der Waals surface area contributed by atoms with Crippen LogP contribution >= 0.6 is 0 Å². The Hall–Kier alpha value is -3.35. The van der Waals surface area contributed by atoms with Crippen LogP contribution in [0.25, 0.3) is 0 Å². The molecule has 0 fully saturated rings. The number of anilines is 1. The first-order chi connectivity index (χ1) is 13.8. The van der Waals surface area contributed by atoms with Crippen molar-refractivity contribution in [3.8, 4) is 11.5 Å². The van der Waals surface area contributed by atoms with Crippen molar-refractivity contribution in [3.63, 3.8) is 0 Å². The van der Waals surface area contributed by atoms with E-state index >= 15 is 0 Å². The number of benzene rings is 2. The highest BCUT2D eigenvalue weighted by atomic mass is 16.5. The van der Waals surface area contributed by atoms with Crippen molar-refractivity contribution in [1.82, 2.24) is 5.43 Å². The normalized spacial score (nSPS) is 11.2. The van der Waals surface area contributed by atoms with Gasteiger partial charge in [0.15, 0.2) is 0 Å². The first-order valence-electron chi connectivity index (χ1n) is 9.31. The molecule has 0 aliphatic heterocycles. The van der Waals surface area contributed by atoms with Gasteiger partial charge in [0.05, 0.1) is 19.9 Å². The maximum Gasteiger partial charge on any atom is 0.271 e. The van der Waals surface area contributed by atoms with Gasteiger partial charge in [-0.05, 0) is 49.2 Å². The topological polar surface area (TPSA) is 89.0 Å². The van der Waals surface area contributed by atoms with E-state index in [1.54, 1.807) is 57.5 Å². The Morgan fingerprint density at radius 2 is 1.72 bits per heavy atom. The summed E-state index contributed by atoms with van der Waals surface area (Å²) >= 11 is 0. The Morgan fingerprint density at radius 1 is 1.03 bits per heavy atom. The summed E-state index contributed by atoms with van der Waals surface area (Å²) in [4.78, 5) is 24.2. The maximum absolute atomic E-state index is 12.4. The molecule has 2 rings (SSSR count). The largest absolute Gasteiger partial charge is 0.497 e. The summed E-state index contributed by atoms with van der Waals surface area (Å²) < 4.78 is 10.5. The van der Waals surface area contributed by atoms with Crippen LogP contribution in [-0.4, -0.2) is 31.7 Å². The Morgan fingerprint density at radius 3 is 2.31 bits per heavy atom. The summed E-state index contributed by atoms with van der Waals surface area (Å²) in [5.74, 6) is 1.15. The number of nitrogens with one attached hydrogen (secondary N) is 2. The van der Waals surface area contributed by atoms with Crippen LogP contribution in [0.3, 0.4) is 0 Å². The van der Waals surface area contributed by atoms with Gasteiger partial charge in [0.2, 0.25) is 5.91 Å². The highest BCUT2D eigenvalue weighted by molar-refractivity contribution is 6.03. The van der Waals surface area contributed by atoms with E-state index in [1.165, 1.54) is 0 Å². The Balaban J connectivity index is 2.03. The molecule has 7 nitrogen and oxygen atoms in total. The van der Waals surface area contributed by atoms with Crippen LogP contribution in [0.5, 0.6) is 11.5 Å². The predicted molar refractivity (Wildman–Crippen MR) is 114 cm³/mol. The van der Waals surface area contributed by atoms with Crippen molar-refractivity contribution in [2.24, 2.45) is 11.0 Å². The van der Waals surface area contributed by atoms with Gasteiger partial charge < -0.3 is 14.8 Å². The van der Waals surface area contributed by atoms with E-state index < -0.39 is 0 Å². The van der Waals surface area contributed by atoms with E-state index in [1.807, 2.05) is 19.9 Å². The van der Waals surface area contributed by atoms with E-state index in [0.717, 1.165) is 5.56 Å². The third-order valence-corrected chi connectivity index (χ3v) is 4.15. The highest BCUT2D eigenvalue weighted by Gasteiger charge is 2.10. The Labute approximate surface area is 171 Å². The van der Waals surface area contributed by atoms with Crippen molar-refractivity contribution < 1.29 is 19.1 Å². The molecule has 0 spiro atoms. The van der Waals surface area contributed by atoms with E-state index in [4.69, 9.17) is 9.47 Å². The summed E-state index contributed by atoms with van der Waals surface area (Å²) in [7, 11) is 3.14. The molecule has 0 unspecified atom stereocenters. The second kappa shape index (κ2) is 10.3. The lowest BCUT2D eigenvalue weighted by Gasteiger charge is -2.10. The molecular formula is C22H27N3O4. The lowest BCUT2D eigenvalue weighted by molar-refractivity contribution is -0.116. The summed E-state index contributed by atoms with van der Waals surface area (Å²) in [6.07, 6.45) is 0.449. The van der Waals surface area contributed by atoms with Gasteiger partial charge in [0, 0.05) is 29.3 Å². The number of hydrogen-bond donors (Lipinski definition) is 2. The fraction of sp³-hybridized carbons (Fsp3) is 0.318. The van der Waals surface area contributed by atoms with Gasteiger partial charge in [0.1, 0.15) is 11.5 Å². The number of carbonyl (C=O) groups excluding carboxylic acids is 2. The minimum Gasteiger partial charge on any atom is -0.497 e. The van der Waals surface area contributed by atoms with Crippen molar-refractivity contribution in [2.75, 3.05) is 19.5 Å². The molecule has 0 radical (unpaired) electrons. The Kier molecular flexibility index (Phi) is 7.77. The SMILES string of the molecule is COc1ccc(/C(C)=N/NC(=O)c2ccc(NC(=O)CC(C)C)cc2)c(OC)c1.